The van der Waals surface area contributed by atoms with Crippen LogP contribution in [0.25, 0.3) is 0 Å². The molecular formula is C23H28N2O6S. The van der Waals surface area contributed by atoms with Crippen molar-refractivity contribution in [1.29, 1.82) is 0 Å². The van der Waals surface area contributed by atoms with Gasteiger partial charge in [-0.25, -0.2) is 22.7 Å². The van der Waals surface area contributed by atoms with Gasteiger partial charge in [0, 0.05) is 13.0 Å². The van der Waals surface area contributed by atoms with Crippen LogP contribution >= 0.6 is 0 Å². The van der Waals surface area contributed by atoms with Gasteiger partial charge in [-0.15, -0.1) is 0 Å². The molecule has 0 fully saturated rings. The minimum absolute atomic E-state index is 0.0470. The molecule has 1 atom stereocenters. The molecule has 9 heteroatoms. The van der Waals surface area contributed by atoms with Crippen LogP contribution in [0.5, 0.6) is 0 Å². The van der Waals surface area contributed by atoms with E-state index in [1.54, 1.807) is 26.8 Å². The van der Waals surface area contributed by atoms with E-state index in [2.05, 4.69) is 4.72 Å². The molecule has 0 bridgehead atoms. The molecule has 2 aromatic rings. The predicted octanol–water partition coefficient (Wildman–Crippen LogP) is 2.95. The van der Waals surface area contributed by atoms with Gasteiger partial charge in [0.25, 0.3) is 0 Å². The summed E-state index contributed by atoms with van der Waals surface area (Å²) < 4.78 is 33.5. The largest absolute Gasteiger partial charge is 0.480 e. The van der Waals surface area contributed by atoms with Crippen LogP contribution in [0.2, 0.25) is 0 Å². The third-order valence-corrected chi connectivity index (χ3v) is 6.54. The Morgan fingerprint density at radius 2 is 1.81 bits per heavy atom. The van der Waals surface area contributed by atoms with Crippen LogP contribution in [0, 0.1) is 0 Å². The standard InChI is InChI=1S/C23H28N2O6S/c1-23(2,3)31-22(28)25-15-18-13-19(10-9-17(18)14-20(25)21(26)27)32(29,30)24-12-11-16-7-5-4-6-8-16/h4-10,13,20,24H,11-12,14-15H2,1-3H3,(H,26,27)/t20-/m0/s1. The average Bonchev–Trinajstić information content (AvgIpc) is 2.71. The average molecular weight is 461 g/mol. The number of aliphatic carboxylic acids is 1. The molecule has 0 aromatic heterocycles. The quantitative estimate of drug-likeness (QED) is 0.685. The maximum absolute atomic E-state index is 12.8. The zero-order valence-corrected chi connectivity index (χ0v) is 19.2. The topological polar surface area (TPSA) is 113 Å². The molecule has 8 nitrogen and oxygen atoms in total. The van der Waals surface area contributed by atoms with Crippen molar-refractivity contribution in [3.05, 3.63) is 65.2 Å². The van der Waals surface area contributed by atoms with Crippen molar-refractivity contribution in [2.45, 2.75) is 56.7 Å². The summed E-state index contributed by atoms with van der Waals surface area (Å²) in [6.07, 6.45) is -0.117. The summed E-state index contributed by atoms with van der Waals surface area (Å²) in [6.45, 7) is 5.29. The molecule has 0 radical (unpaired) electrons. The van der Waals surface area contributed by atoms with Gasteiger partial charge in [0.2, 0.25) is 10.0 Å². The summed E-state index contributed by atoms with van der Waals surface area (Å²) in [5, 5.41) is 9.60. The molecule has 0 unspecified atom stereocenters. The Kier molecular flexibility index (Phi) is 6.90. The van der Waals surface area contributed by atoms with Crippen molar-refractivity contribution in [2.75, 3.05) is 6.54 Å². The van der Waals surface area contributed by atoms with Crippen molar-refractivity contribution in [3.63, 3.8) is 0 Å². The first-order chi connectivity index (χ1) is 15.0. The highest BCUT2D eigenvalue weighted by molar-refractivity contribution is 7.89. The number of carboxylic acid groups (broad SMARTS) is 1. The van der Waals surface area contributed by atoms with Gasteiger partial charge in [-0.2, -0.15) is 0 Å². The van der Waals surface area contributed by atoms with Crippen LogP contribution in [0.4, 0.5) is 4.79 Å². The van der Waals surface area contributed by atoms with Crippen LogP contribution in [0.1, 0.15) is 37.5 Å². The molecular weight excluding hydrogens is 432 g/mol. The number of carbonyl (C=O) groups is 2. The summed E-state index contributed by atoms with van der Waals surface area (Å²) >= 11 is 0. The van der Waals surface area contributed by atoms with E-state index in [0.29, 0.717) is 17.5 Å². The number of ether oxygens (including phenoxy) is 1. The number of rotatable bonds is 6. The Morgan fingerprint density at radius 1 is 1.12 bits per heavy atom. The van der Waals surface area contributed by atoms with Crippen LogP contribution in [-0.2, 0) is 38.9 Å². The predicted molar refractivity (Wildman–Crippen MR) is 119 cm³/mol. The molecule has 32 heavy (non-hydrogen) atoms. The Morgan fingerprint density at radius 3 is 2.44 bits per heavy atom. The number of nitrogens with one attached hydrogen (secondary N) is 1. The number of sulfonamides is 1. The first kappa shape index (κ1) is 23.7. The van der Waals surface area contributed by atoms with E-state index >= 15 is 0 Å². The van der Waals surface area contributed by atoms with Crippen molar-refractivity contribution < 1.29 is 27.9 Å². The molecule has 0 saturated heterocycles. The second-order valence-corrected chi connectivity index (χ2v) is 10.5. The van der Waals surface area contributed by atoms with Crippen molar-refractivity contribution >= 4 is 22.1 Å². The van der Waals surface area contributed by atoms with Gasteiger partial charge in [-0.3, -0.25) is 4.90 Å². The van der Waals surface area contributed by atoms with Crippen molar-refractivity contribution in [1.82, 2.24) is 9.62 Å². The van der Waals surface area contributed by atoms with E-state index in [4.69, 9.17) is 4.74 Å². The summed E-state index contributed by atoms with van der Waals surface area (Å²) in [6, 6.07) is 13.0. The van der Waals surface area contributed by atoms with Gasteiger partial charge in [-0.05, 0) is 56.0 Å². The van der Waals surface area contributed by atoms with Crippen LogP contribution in [-0.4, -0.2) is 48.7 Å². The maximum Gasteiger partial charge on any atom is 0.411 e. The molecule has 172 valence electrons. The Bertz CT molecular complexity index is 1090. The number of nitrogens with zero attached hydrogens (tertiary/aromatic N) is 1. The zero-order valence-electron chi connectivity index (χ0n) is 18.4. The van der Waals surface area contributed by atoms with E-state index < -0.39 is 33.7 Å². The van der Waals surface area contributed by atoms with E-state index in [9.17, 15) is 23.1 Å². The SMILES string of the molecule is CC(C)(C)OC(=O)N1Cc2cc(S(=O)(=O)NCCc3ccccc3)ccc2C[C@H]1C(=O)O. The number of hydrogen-bond donors (Lipinski definition) is 2. The summed E-state index contributed by atoms with van der Waals surface area (Å²) in [5.74, 6) is -1.14. The number of benzene rings is 2. The summed E-state index contributed by atoms with van der Waals surface area (Å²) in [7, 11) is -3.76. The third kappa shape index (κ3) is 5.86. The second-order valence-electron chi connectivity index (χ2n) is 8.73. The zero-order chi connectivity index (χ0) is 23.5. The first-order valence-corrected chi connectivity index (χ1v) is 11.8. The third-order valence-electron chi connectivity index (χ3n) is 5.08. The maximum atomic E-state index is 12.8. The fourth-order valence-electron chi connectivity index (χ4n) is 3.52. The van der Waals surface area contributed by atoms with Gasteiger partial charge in [0.15, 0.2) is 0 Å². The molecule has 1 aliphatic heterocycles. The van der Waals surface area contributed by atoms with Crippen LogP contribution in [0.15, 0.2) is 53.4 Å². The van der Waals surface area contributed by atoms with Gasteiger partial charge in [-0.1, -0.05) is 36.4 Å². The molecule has 1 amide bonds. The number of hydrogen-bond acceptors (Lipinski definition) is 5. The second kappa shape index (κ2) is 9.30. The number of carbonyl (C=O) groups excluding carboxylic acids is 1. The Hall–Kier alpha value is -2.91. The highest BCUT2D eigenvalue weighted by Crippen LogP contribution is 2.27. The van der Waals surface area contributed by atoms with E-state index in [0.717, 1.165) is 10.5 Å². The lowest BCUT2D eigenvalue weighted by molar-refractivity contribution is -0.143. The fourth-order valence-corrected chi connectivity index (χ4v) is 4.60. The molecule has 0 saturated carbocycles. The van der Waals surface area contributed by atoms with E-state index in [-0.39, 0.29) is 24.4 Å². The number of amides is 1. The summed E-state index contributed by atoms with van der Waals surface area (Å²) in [5.41, 5.74) is 1.52. The number of carboxylic acids is 1. The lowest BCUT2D eigenvalue weighted by Gasteiger charge is -2.35. The van der Waals surface area contributed by atoms with Crippen molar-refractivity contribution in [3.8, 4) is 0 Å². The normalized spacial score (nSPS) is 16.3. The van der Waals surface area contributed by atoms with E-state index in [1.807, 2.05) is 30.3 Å². The number of fused-ring (bicyclic) bond motifs is 1. The molecule has 0 spiro atoms. The summed E-state index contributed by atoms with van der Waals surface area (Å²) in [4.78, 5) is 25.6. The first-order valence-electron chi connectivity index (χ1n) is 10.3. The molecule has 2 aromatic carbocycles. The van der Waals surface area contributed by atoms with Crippen molar-refractivity contribution in [2.24, 2.45) is 0 Å². The van der Waals surface area contributed by atoms with Crippen LogP contribution in [0.3, 0.4) is 0 Å². The Labute approximate surface area is 188 Å². The molecule has 1 aliphatic rings. The highest BCUT2D eigenvalue weighted by atomic mass is 32.2. The minimum atomic E-state index is -3.76. The Balaban J connectivity index is 1.78. The van der Waals surface area contributed by atoms with Crippen LogP contribution < -0.4 is 4.72 Å². The smallest absolute Gasteiger partial charge is 0.411 e. The fraction of sp³-hybridized carbons (Fsp3) is 0.391. The lowest BCUT2D eigenvalue weighted by atomic mass is 9.94. The van der Waals surface area contributed by atoms with Gasteiger partial charge >= 0.3 is 12.1 Å². The lowest BCUT2D eigenvalue weighted by Crippen LogP contribution is -2.50. The highest BCUT2D eigenvalue weighted by Gasteiger charge is 2.37. The minimum Gasteiger partial charge on any atom is -0.480 e. The molecule has 3 rings (SSSR count). The molecule has 1 heterocycles. The van der Waals surface area contributed by atoms with E-state index in [1.165, 1.54) is 12.1 Å². The monoisotopic (exact) mass is 460 g/mol. The van der Waals surface area contributed by atoms with Gasteiger partial charge in [0.1, 0.15) is 11.6 Å². The molecule has 2 N–H and O–H groups in total. The molecule has 0 aliphatic carbocycles. The van der Waals surface area contributed by atoms with Gasteiger partial charge in [0.05, 0.1) is 11.4 Å². The van der Waals surface area contributed by atoms with Gasteiger partial charge < -0.3 is 9.84 Å².